The van der Waals surface area contributed by atoms with Crippen LogP contribution in [0.3, 0.4) is 0 Å². The predicted molar refractivity (Wildman–Crippen MR) is 110 cm³/mol. The largest absolute Gasteiger partial charge is 0.353 e. The Labute approximate surface area is 162 Å². The van der Waals surface area contributed by atoms with E-state index in [4.69, 9.17) is 0 Å². The van der Waals surface area contributed by atoms with Crippen molar-refractivity contribution in [2.24, 2.45) is 0 Å². The molecule has 0 saturated carbocycles. The minimum Gasteiger partial charge on any atom is -0.353 e. The second-order valence-electron chi connectivity index (χ2n) is 7.28. The number of aromatic nitrogens is 2. The van der Waals surface area contributed by atoms with Crippen molar-refractivity contribution in [3.8, 4) is 0 Å². The highest BCUT2D eigenvalue weighted by Gasteiger charge is 2.32. The summed E-state index contributed by atoms with van der Waals surface area (Å²) in [5.74, 6) is 2.12. The smallest absolute Gasteiger partial charge is 0.152 e. The van der Waals surface area contributed by atoms with Gasteiger partial charge in [0.05, 0.1) is 11.5 Å². The molecule has 0 N–H and O–H groups in total. The molecule has 27 heavy (non-hydrogen) atoms. The molecule has 146 valence electrons. The van der Waals surface area contributed by atoms with E-state index < -0.39 is 9.84 Å². The highest BCUT2D eigenvalue weighted by Crippen LogP contribution is 2.26. The van der Waals surface area contributed by atoms with Crippen molar-refractivity contribution in [2.45, 2.75) is 45.8 Å². The van der Waals surface area contributed by atoms with E-state index in [9.17, 15) is 8.42 Å². The van der Waals surface area contributed by atoms with E-state index in [1.54, 1.807) is 6.33 Å². The Balaban J connectivity index is 1.86. The molecule has 1 aromatic carbocycles. The van der Waals surface area contributed by atoms with E-state index in [1.807, 2.05) is 31.2 Å². The molecule has 1 atom stereocenters. The fourth-order valence-corrected chi connectivity index (χ4v) is 5.32. The third kappa shape index (κ3) is 4.77. The average molecular weight is 389 g/mol. The second-order valence-corrected chi connectivity index (χ2v) is 9.51. The van der Waals surface area contributed by atoms with Gasteiger partial charge in [0, 0.05) is 31.2 Å². The number of anilines is 2. The van der Waals surface area contributed by atoms with E-state index in [1.165, 1.54) is 5.56 Å². The fraction of sp³-hybridized carbons (Fsp3) is 0.500. The molecule has 1 aromatic heterocycles. The molecule has 0 spiro atoms. The molecule has 0 bridgehead atoms. The molecule has 1 fully saturated rings. The molecule has 1 aliphatic heterocycles. The lowest BCUT2D eigenvalue weighted by Gasteiger charge is -2.31. The van der Waals surface area contributed by atoms with E-state index >= 15 is 0 Å². The highest BCUT2D eigenvalue weighted by atomic mass is 32.2. The van der Waals surface area contributed by atoms with Crippen LogP contribution < -0.4 is 9.80 Å². The van der Waals surface area contributed by atoms with Gasteiger partial charge in [0.25, 0.3) is 0 Å². The third-order valence-corrected chi connectivity index (χ3v) is 6.79. The zero-order valence-electron chi connectivity index (χ0n) is 16.2. The Morgan fingerprint density at radius 3 is 2.44 bits per heavy atom. The first-order chi connectivity index (χ1) is 12.9. The molecular weight excluding hydrogens is 360 g/mol. The van der Waals surface area contributed by atoms with Crippen LogP contribution in [0.15, 0.2) is 42.7 Å². The molecule has 3 rings (SSSR count). The first-order valence-corrected chi connectivity index (χ1v) is 11.3. The van der Waals surface area contributed by atoms with E-state index in [0.29, 0.717) is 6.42 Å². The number of hydrogen-bond donors (Lipinski definition) is 0. The number of nitrogens with zero attached hydrogens (tertiary/aromatic N) is 4. The average Bonchev–Trinajstić information content (AvgIpc) is 3.01. The molecule has 7 heteroatoms. The quantitative estimate of drug-likeness (QED) is 0.727. The SMILES string of the molecule is CCN(c1cc(N(Cc2ccccc2)C(C)C)ncn1)C1CCS(=O)(=O)C1. The highest BCUT2D eigenvalue weighted by molar-refractivity contribution is 7.91. The second kappa shape index (κ2) is 8.25. The molecule has 0 aliphatic carbocycles. The van der Waals surface area contributed by atoms with Crippen LogP contribution in [-0.4, -0.2) is 48.5 Å². The van der Waals surface area contributed by atoms with E-state index in [-0.39, 0.29) is 23.6 Å². The van der Waals surface area contributed by atoms with Crippen LogP contribution in [0, 0.1) is 0 Å². The molecular formula is C20H28N4O2S. The van der Waals surface area contributed by atoms with Gasteiger partial charge in [0.2, 0.25) is 0 Å². The molecule has 2 heterocycles. The summed E-state index contributed by atoms with van der Waals surface area (Å²) in [5, 5.41) is 0. The van der Waals surface area contributed by atoms with Gasteiger partial charge in [-0.15, -0.1) is 0 Å². The number of sulfone groups is 1. The van der Waals surface area contributed by atoms with Crippen molar-refractivity contribution in [3.63, 3.8) is 0 Å². The lowest BCUT2D eigenvalue weighted by Crippen LogP contribution is -2.37. The summed E-state index contributed by atoms with van der Waals surface area (Å²) in [6.07, 6.45) is 2.24. The summed E-state index contributed by atoms with van der Waals surface area (Å²) < 4.78 is 23.8. The Hall–Kier alpha value is -2.15. The summed E-state index contributed by atoms with van der Waals surface area (Å²) >= 11 is 0. The number of hydrogen-bond acceptors (Lipinski definition) is 6. The minimum atomic E-state index is -2.93. The van der Waals surface area contributed by atoms with Crippen molar-refractivity contribution in [3.05, 3.63) is 48.3 Å². The maximum absolute atomic E-state index is 11.9. The van der Waals surface area contributed by atoms with Crippen molar-refractivity contribution in [1.82, 2.24) is 9.97 Å². The minimum absolute atomic E-state index is 0.00984. The monoisotopic (exact) mass is 388 g/mol. The van der Waals surface area contributed by atoms with Gasteiger partial charge in [-0.05, 0) is 32.8 Å². The van der Waals surface area contributed by atoms with Gasteiger partial charge in [0.15, 0.2) is 9.84 Å². The molecule has 1 unspecified atom stereocenters. The topological polar surface area (TPSA) is 66.4 Å². The van der Waals surface area contributed by atoms with Gasteiger partial charge in [0.1, 0.15) is 18.0 Å². The summed E-state index contributed by atoms with van der Waals surface area (Å²) in [6.45, 7) is 7.81. The Bertz CT molecular complexity index is 855. The predicted octanol–water partition coefficient (Wildman–Crippen LogP) is 2.91. The van der Waals surface area contributed by atoms with Crippen LogP contribution in [0.1, 0.15) is 32.8 Å². The van der Waals surface area contributed by atoms with Crippen LogP contribution in [0.25, 0.3) is 0 Å². The van der Waals surface area contributed by atoms with Crippen LogP contribution >= 0.6 is 0 Å². The summed E-state index contributed by atoms with van der Waals surface area (Å²) in [7, 11) is -2.93. The van der Waals surface area contributed by atoms with Gasteiger partial charge >= 0.3 is 0 Å². The van der Waals surface area contributed by atoms with Gasteiger partial charge in [-0.1, -0.05) is 30.3 Å². The van der Waals surface area contributed by atoms with E-state index in [0.717, 1.165) is 24.7 Å². The van der Waals surface area contributed by atoms with Crippen LogP contribution in [0.4, 0.5) is 11.6 Å². The van der Waals surface area contributed by atoms with Gasteiger partial charge < -0.3 is 9.80 Å². The number of benzene rings is 1. The van der Waals surface area contributed by atoms with Crippen molar-refractivity contribution in [2.75, 3.05) is 27.9 Å². The first kappa shape index (κ1) is 19.6. The molecule has 2 aromatic rings. The number of rotatable bonds is 7. The lowest BCUT2D eigenvalue weighted by molar-refractivity contribution is 0.599. The molecule has 1 aliphatic rings. The Morgan fingerprint density at radius 1 is 1.15 bits per heavy atom. The molecule has 0 radical (unpaired) electrons. The molecule has 6 nitrogen and oxygen atoms in total. The maximum atomic E-state index is 11.9. The normalized spacial score (nSPS) is 18.6. The first-order valence-electron chi connectivity index (χ1n) is 9.49. The zero-order valence-corrected chi connectivity index (χ0v) is 17.1. The lowest BCUT2D eigenvalue weighted by atomic mass is 10.2. The standard InChI is InChI=1S/C20H28N4O2S/c1-4-23(18-10-11-27(25,26)14-18)19-12-20(22-15-21-19)24(16(2)3)13-17-8-6-5-7-9-17/h5-9,12,15-16,18H,4,10-11,13-14H2,1-3H3. The summed E-state index contributed by atoms with van der Waals surface area (Å²) in [6, 6.07) is 12.6. The van der Waals surface area contributed by atoms with Crippen LogP contribution in [0.2, 0.25) is 0 Å². The van der Waals surface area contributed by atoms with Gasteiger partial charge in [-0.25, -0.2) is 18.4 Å². The van der Waals surface area contributed by atoms with Gasteiger partial charge in [-0.2, -0.15) is 0 Å². The van der Waals surface area contributed by atoms with Crippen LogP contribution in [-0.2, 0) is 16.4 Å². The molecule has 1 saturated heterocycles. The van der Waals surface area contributed by atoms with Crippen molar-refractivity contribution < 1.29 is 8.42 Å². The summed E-state index contributed by atoms with van der Waals surface area (Å²) in [5.41, 5.74) is 1.22. The molecule has 0 amide bonds. The van der Waals surface area contributed by atoms with Crippen LogP contribution in [0.5, 0.6) is 0 Å². The maximum Gasteiger partial charge on any atom is 0.152 e. The van der Waals surface area contributed by atoms with Crippen molar-refractivity contribution in [1.29, 1.82) is 0 Å². The Morgan fingerprint density at radius 2 is 1.85 bits per heavy atom. The van der Waals surface area contributed by atoms with Crippen molar-refractivity contribution >= 4 is 21.5 Å². The summed E-state index contributed by atoms with van der Waals surface area (Å²) in [4.78, 5) is 13.3. The zero-order chi connectivity index (χ0) is 19.4. The van der Waals surface area contributed by atoms with E-state index in [2.05, 4.69) is 45.7 Å². The fourth-order valence-electron chi connectivity index (χ4n) is 3.59. The Kier molecular flexibility index (Phi) is 5.99. The van der Waals surface area contributed by atoms with Gasteiger partial charge in [-0.3, -0.25) is 0 Å². The third-order valence-electron chi connectivity index (χ3n) is 5.04.